The van der Waals surface area contributed by atoms with Crippen molar-refractivity contribution in [1.82, 2.24) is 29.1 Å². The molecule has 4 aromatic rings. The van der Waals surface area contributed by atoms with E-state index in [0.717, 1.165) is 41.9 Å². The van der Waals surface area contributed by atoms with E-state index >= 15 is 0 Å². The van der Waals surface area contributed by atoms with Gasteiger partial charge in [0.1, 0.15) is 11.6 Å². The minimum absolute atomic E-state index is 0.117. The molecule has 0 amide bonds. The summed E-state index contributed by atoms with van der Waals surface area (Å²) in [5.41, 5.74) is 2.07. The summed E-state index contributed by atoms with van der Waals surface area (Å²) in [6.07, 6.45) is 11.6. The first-order valence-electron chi connectivity index (χ1n) is 10.7. The quantitative estimate of drug-likeness (QED) is 0.524. The van der Waals surface area contributed by atoms with Gasteiger partial charge in [-0.05, 0) is 37.3 Å². The first kappa shape index (κ1) is 18.1. The van der Waals surface area contributed by atoms with Crippen LogP contribution in [0, 0.1) is 5.92 Å². The zero-order valence-corrected chi connectivity index (χ0v) is 16.9. The lowest BCUT2D eigenvalue weighted by Gasteiger charge is -2.16. The number of fused-ring (bicyclic) bond motifs is 2. The van der Waals surface area contributed by atoms with Crippen LogP contribution in [0.2, 0.25) is 0 Å². The number of aromatic nitrogens is 6. The minimum Gasteiger partial charge on any atom is -0.342 e. The predicted octanol–water partition coefficient (Wildman–Crippen LogP) is 2.82. The highest BCUT2D eigenvalue weighted by molar-refractivity contribution is 5.75. The SMILES string of the molecule is O=c1[nH]c(=O)n(C2CC2)c2nc(Cc3nc4ccccc4[nH]3)n(CC3C=CC=CC3)c12. The van der Waals surface area contributed by atoms with E-state index in [1.54, 1.807) is 4.57 Å². The normalized spacial score (nSPS) is 18.4. The Hall–Kier alpha value is -3.68. The second kappa shape index (κ2) is 6.94. The number of para-hydroxylation sites is 2. The lowest BCUT2D eigenvalue weighted by Crippen LogP contribution is -2.31. The topological polar surface area (TPSA) is 101 Å². The van der Waals surface area contributed by atoms with Gasteiger partial charge in [0.05, 0.1) is 17.5 Å². The number of rotatable bonds is 5. The molecule has 1 fully saturated rings. The fourth-order valence-corrected chi connectivity index (χ4v) is 4.43. The molecular weight excluding hydrogens is 392 g/mol. The van der Waals surface area contributed by atoms with Crippen LogP contribution in [0.4, 0.5) is 0 Å². The molecule has 0 saturated heterocycles. The third-order valence-corrected chi connectivity index (χ3v) is 6.07. The summed E-state index contributed by atoms with van der Waals surface area (Å²) >= 11 is 0. The van der Waals surface area contributed by atoms with Crippen LogP contribution in [-0.4, -0.2) is 29.1 Å². The third kappa shape index (κ3) is 3.15. The Bertz CT molecular complexity index is 1440. The third-order valence-electron chi connectivity index (χ3n) is 6.07. The second-order valence-corrected chi connectivity index (χ2v) is 8.36. The van der Waals surface area contributed by atoms with Gasteiger partial charge in [-0.25, -0.2) is 14.8 Å². The van der Waals surface area contributed by atoms with E-state index in [1.165, 1.54) is 0 Å². The van der Waals surface area contributed by atoms with Crippen LogP contribution in [0.1, 0.15) is 37.0 Å². The average molecular weight is 414 g/mol. The maximum atomic E-state index is 12.9. The summed E-state index contributed by atoms with van der Waals surface area (Å²) in [6.45, 7) is 0.624. The van der Waals surface area contributed by atoms with Gasteiger partial charge in [-0.2, -0.15) is 0 Å². The molecule has 6 rings (SSSR count). The smallest absolute Gasteiger partial charge is 0.330 e. The molecule has 2 aliphatic rings. The number of benzene rings is 1. The lowest BCUT2D eigenvalue weighted by atomic mass is 10.0. The van der Waals surface area contributed by atoms with Gasteiger partial charge in [0.25, 0.3) is 5.56 Å². The maximum absolute atomic E-state index is 12.9. The zero-order valence-electron chi connectivity index (χ0n) is 16.9. The van der Waals surface area contributed by atoms with Crippen molar-refractivity contribution >= 4 is 22.2 Å². The highest BCUT2D eigenvalue weighted by Gasteiger charge is 2.30. The summed E-state index contributed by atoms with van der Waals surface area (Å²) < 4.78 is 3.64. The highest BCUT2D eigenvalue weighted by atomic mass is 16.2. The van der Waals surface area contributed by atoms with Gasteiger partial charge < -0.3 is 9.55 Å². The molecule has 2 N–H and O–H groups in total. The molecule has 0 radical (unpaired) electrons. The molecule has 0 bridgehead atoms. The number of hydrogen-bond donors (Lipinski definition) is 2. The van der Waals surface area contributed by atoms with Crippen molar-refractivity contribution in [3.8, 4) is 0 Å². The fraction of sp³-hybridized carbons (Fsp3) is 0.304. The monoisotopic (exact) mass is 414 g/mol. The number of hydrogen-bond acceptors (Lipinski definition) is 4. The van der Waals surface area contributed by atoms with Gasteiger partial charge in [-0.15, -0.1) is 0 Å². The molecule has 8 heteroatoms. The van der Waals surface area contributed by atoms with E-state index in [4.69, 9.17) is 4.98 Å². The van der Waals surface area contributed by atoms with Crippen LogP contribution in [0.25, 0.3) is 22.2 Å². The molecule has 8 nitrogen and oxygen atoms in total. The zero-order chi connectivity index (χ0) is 20.9. The summed E-state index contributed by atoms with van der Waals surface area (Å²) in [7, 11) is 0. The standard InChI is InChI=1S/C23H22N6O2/c30-22-20-21(29(15-10-11-15)23(31)27-22)26-19(28(20)13-14-6-2-1-3-7-14)12-18-24-16-8-4-5-9-17(16)25-18/h1-6,8-9,14-15H,7,10-13H2,(H,24,25)(H,27,30,31). The molecule has 31 heavy (non-hydrogen) atoms. The van der Waals surface area contributed by atoms with Gasteiger partial charge in [0.15, 0.2) is 11.2 Å². The van der Waals surface area contributed by atoms with Gasteiger partial charge in [0, 0.05) is 12.6 Å². The molecule has 156 valence electrons. The Labute approximate surface area is 177 Å². The molecule has 3 aromatic heterocycles. The van der Waals surface area contributed by atoms with Crippen molar-refractivity contribution in [3.63, 3.8) is 0 Å². The molecular formula is C23H22N6O2. The number of allylic oxidation sites excluding steroid dienone is 4. The van der Waals surface area contributed by atoms with Crippen molar-refractivity contribution in [2.24, 2.45) is 5.92 Å². The number of aromatic amines is 2. The Morgan fingerprint density at radius 2 is 1.94 bits per heavy atom. The maximum Gasteiger partial charge on any atom is 0.330 e. The Kier molecular flexibility index (Phi) is 4.05. The van der Waals surface area contributed by atoms with E-state index in [9.17, 15) is 9.59 Å². The molecule has 0 aliphatic heterocycles. The summed E-state index contributed by atoms with van der Waals surface area (Å²) in [5, 5.41) is 0. The van der Waals surface area contributed by atoms with E-state index in [1.807, 2.05) is 41.0 Å². The fourth-order valence-electron chi connectivity index (χ4n) is 4.43. The van der Waals surface area contributed by atoms with Crippen LogP contribution in [0.15, 0.2) is 58.2 Å². The second-order valence-electron chi connectivity index (χ2n) is 8.36. The largest absolute Gasteiger partial charge is 0.342 e. The Morgan fingerprint density at radius 3 is 2.71 bits per heavy atom. The van der Waals surface area contributed by atoms with Crippen LogP contribution in [0.5, 0.6) is 0 Å². The summed E-state index contributed by atoms with van der Waals surface area (Å²) in [6, 6.07) is 8.00. The number of imidazole rings is 2. The molecule has 1 aromatic carbocycles. The van der Waals surface area contributed by atoms with Crippen LogP contribution < -0.4 is 11.2 Å². The summed E-state index contributed by atoms with van der Waals surface area (Å²) in [5.74, 6) is 1.79. The molecule has 1 unspecified atom stereocenters. The van der Waals surface area contributed by atoms with Crippen molar-refractivity contribution in [3.05, 3.63) is 81.1 Å². The molecule has 1 saturated carbocycles. The van der Waals surface area contributed by atoms with Gasteiger partial charge in [-0.3, -0.25) is 14.3 Å². The molecule has 0 spiro atoms. The number of H-pyrrole nitrogens is 2. The van der Waals surface area contributed by atoms with E-state index in [0.29, 0.717) is 24.1 Å². The highest BCUT2D eigenvalue weighted by Crippen LogP contribution is 2.35. The Balaban J connectivity index is 1.52. The average Bonchev–Trinajstić information content (AvgIpc) is 3.41. The van der Waals surface area contributed by atoms with Crippen LogP contribution in [-0.2, 0) is 13.0 Å². The number of nitrogens with zero attached hydrogens (tertiary/aromatic N) is 4. The first-order chi connectivity index (χ1) is 15.2. The van der Waals surface area contributed by atoms with Crippen LogP contribution in [0.3, 0.4) is 0 Å². The predicted molar refractivity (Wildman–Crippen MR) is 118 cm³/mol. The molecule has 3 heterocycles. The van der Waals surface area contributed by atoms with Crippen molar-refractivity contribution in [2.45, 2.75) is 38.3 Å². The summed E-state index contributed by atoms with van der Waals surface area (Å²) in [4.78, 5) is 40.8. The number of nitrogens with one attached hydrogen (secondary N) is 2. The van der Waals surface area contributed by atoms with Gasteiger partial charge in [-0.1, -0.05) is 36.4 Å². The van der Waals surface area contributed by atoms with Crippen molar-refractivity contribution < 1.29 is 0 Å². The van der Waals surface area contributed by atoms with E-state index in [-0.39, 0.29) is 23.2 Å². The van der Waals surface area contributed by atoms with Crippen molar-refractivity contribution in [1.29, 1.82) is 0 Å². The van der Waals surface area contributed by atoms with E-state index < -0.39 is 0 Å². The first-order valence-corrected chi connectivity index (χ1v) is 10.7. The van der Waals surface area contributed by atoms with Crippen LogP contribution >= 0.6 is 0 Å². The Morgan fingerprint density at radius 1 is 1.06 bits per heavy atom. The minimum atomic E-state index is -0.379. The lowest BCUT2D eigenvalue weighted by molar-refractivity contribution is 0.526. The van der Waals surface area contributed by atoms with Gasteiger partial charge in [0.2, 0.25) is 0 Å². The molecule has 2 aliphatic carbocycles. The van der Waals surface area contributed by atoms with E-state index in [2.05, 4.69) is 27.1 Å². The van der Waals surface area contributed by atoms with Gasteiger partial charge >= 0.3 is 5.69 Å². The van der Waals surface area contributed by atoms with Crippen molar-refractivity contribution in [2.75, 3.05) is 0 Å². The molecule has 1 atom stereocenters.